The lowest BCUT2D eigenvalue weighted by Gasteiger charge is -2.53. The highest BCUT2D eigenvalue weighted by Crippen LogP contribution is 2.62. The van der Waals surface area contributed by atoms with Crippen molar-refractivity contribution in [2.24, 2.45) is 5.92 Å². The van der Waals surface area contributed by atoms with Crippen molar-refractivity contribution in [3.05, 3.63) is 58.6 Å². The molecule has 0 saturated carbocycles. The van der Waals surface area contributed by atoms with E-state index in [0.717, 1.165) is 72.5 Å². The molecule has 4 aliphatic rings. The van der Waals surface area contributed by atoms with E-state index in [2.05, 4.69) is 19.1 Å². The zero-order valence-electron chi connectivity index (χ0n) is 17.4. The van der Waals surface area contributed by atoms with Crippen molar-refractivity contribution in [3.63, 3.8) is 0 Å². The van der Waals surface area contributed by atoms with Gasteiger partial charge >= 0.3 is 5.97 Å². The number of hydrogen-bond acceptors (Lipinski definition) is 4. The summed E-state index contributed by atoms with van der Waals surface area (Å²) in [7, 11) is 1.73. The van der Waals surface area contributed by atoms with Gasteiger partial charge in [-0.2, -0.15) is 5.10 Å². The van der Waals surface area contributed by atoms with E-state index in [9.17, 15) is 4.79 Å². The quantitative estimate of drug-likeness (QED) is 0.678. The average Bonchev–Trinajstić information content (AvgIpc) is 3.11. The molecule has 2 aliphatic heterocycles. The molecule has 1 spiro atoms. The Morgan fingerprint density at radius 3 is 2.83 bits per heavy atom. The summed E-state index contributed by atoms with van der Waals surface area (Å²) in [5.74, 6) is 1.10. The van der Waals surface area contributed by atoms with Crippen molar-refractivity contribution in [3.8, 4) is 5.69 Å². The second-order valence-corrected chi connectivity index (χ2v) is 8.48. The van der Waals surface area contributed by atoms with Gasteiger partial charge in [0.2, 0.25) is 0 Å². The van der Waals surface area contributed by atoms with Gasteiger partial charge in [-0.1, -0.05) is 31.5 Å². The summed E-state index contributed by atoms with van der Waals surface area (Å²) < 4.78 is 13.9. The van der Waals surface area contributed by atoms with Gasteiger partial charge in [0, 0.05) is 12.0 Å². The van der Waals surface area contributed by atoms with Crippen LogP contribution in [0.2, 0.25) is 0 Å². The number of carbonyl (C=O) groups excluding carboxylic acids is 1. The summed E-state index contributed by atoms with van der Waals surface area (Å²) >= 11 is 0. The number of unbranched alkanes of at least 4 members (excludes halogenated alkanes) is 1. The molecule has 1 aromatic heterocycles. The van der Waals surface area contributed by atoms with E-state index in [4.69, 9.17) is 14.6 Å². The minimum absolute atomic E-state index is 0.108. The molecule has 1 saturated heterocycles. The molecule has 1 aromatic carbocycles. The molecule has 6 rings (SSSR count). The molecule has 5 heteroatoms. The zero-order valence-corrected chi connectivity index (χ0v) is 17.4. The molecule has 3 atom stereocenters. The first kappa shape index (κ1) is 18.5. The number of aromatic nitrogens is 2. The van der Waals surface area contributed by atoms with Crippen LogP contribution in [0.1, 0.15) is 68.5 Å². The van der Waals surface area contributed by atoms with Crippen LogP contribution < -0.4 is 0 Å². The normalized spacial score (nSPS) is 27.5. The van der Waals surface area contributed by atoms with Crippen LogP contribution in [-0.2, 0) is 19.7 Å². The number of allylic oxidation sites excluding steroid dienone is 1. The number of fused-ring (bicyclic) bond motifs is 1. The van der Waals surface area contributed by atoms with Crippen LogP contribution in [-0.4, -0.2) is 22.9 Å². The average molecular weight is 392 g/mol. The molecule has 0 amide bonds. The Hall–Kier alpha value is -2.56. The molecule has 2 aromatic rings. The second-order valence-electron chi connectivity index (χ2n) is 8.48. The number of benzene rings is 1. The van der Waals surface area contributed by atoms with Crippen molar-refractivity contribution >= 4 is 5.97 Å². The maximum Gasteiger partial charge on any atom is 0.323 e. The molecular formula is C24H28N2O3. The summed E-state index contributed by atoms with van der Waals surface area (Å²) in [6.07, 6.45) is 5.50. The van der Waals surface area contributed by atoms with Gasteiger partial charge in [-0.25, -0.2) is 4.68 Å². The van der Waals surface area contributed by atoms with Crippen LogP contribution in [0.25, 0.3) is 5.69 Å². The third-order valence-corrected chi connectivity index (χ3v) is 7.04. The molecule has 152 valence electrons. The fourth-order valence-electron chi connectivity index (χ4n) is 5.84. The van der Waals surface area contributed by atoms with Crippen LogP contribution in [0, 0.1) is 12.8 Å². The number of ether oxygens (including phenoxy) is 2. The molecular weight excluding hydrogens is 364 g/mol. The summed E-state index contributed by atoms with van der Waals surface area (Å²) in [6, 6.07) is 10.2. The van der Waals surface area contributed by atoms with Crippen LogP contribution in [0.15, 0.2) is 41.7 Å². The van der Waals surface area contributed by atoms with Crippen molar-refractivity contribution < 1.29 is 14.3 Å². The van der Waals surface area contributed by atoms with Crippen molar-refractivity contribution in [2.75, 3.05) is 7.11 Å². The van der Waals surface area contributed by atoms with Gasteiger partial charge in [-0.05, 0) is 56.2 Å². The van der Waals surface area contributed by atoms with E-state index in [-0.39, 0.29) is 18.0 Å². The predicted octanol–water partition coefficient (Wildman–Crippen LogP) is 4.92. The van der Waals surface area contributed by atoms with Crippen LogP contribution in [0.4, 0.5) is 0 Å². The van der Waals surface area contributed by atoms with Crippen molar-refractivity contribution in [1.29, 1.82) is 0 Å². The number of carbonyl (C=O) groups is 1. The first-order valence-corrected chi connectivity index (χ1v) is 10.8. The summed E-state index contributed by atoms with van der Waals surface area (Å²) in [5, 5.41) is 4.91. The zero-order chi connectivity index (χ0) is 20.2. The van der Waals surface area contributed by atoms with Gasteiger partial charge in [0.25, 0.3) is 0 Å². The monoisotopic (exact) mass is 392 g/mol. The maximum atomic E-state index is 13.6. The molecule has 5 nitrogen and oxygen atoms in total. The van der Waals surface area contributed by atoms with E-state index in [1.54, 1.807) is 7.11 Å². The van der Waals surface area contributed by atoms with Gasteiger partial charge in [0.15, 0.2) is 0 Å². The molecule has 0 unspecified atom stereocenters. The van der Waals surface area contributed by atoms with Gasteiger partial charge in [0.05, 0.1) is 29.9 Å². The minimum Gasteiger partial charge on any atom is -0.501 e. The van der Waals surface area contributed by atoms with E-state index in [0.29, 0.717) is 0 Å². The molecule has 2 aliphatic carbocycles. The summed E-state index contributed by atoms with van der Waals surface area (Å²) in [5.41, 5.74) is 4.43. The number of para-hydroxylation sites is 1. The Kier molecular flexibility index (Phi) is 4.30. The molecule has 1 fully saturated rings. The summed E-state index contributed by atoms with van der Waals surface area (Å²) in [6.45, 7) is 4.22. The number of aryl methyl sites for hydroxylation is 1. The lowest BCUT2D eigenvalue weighted by Crippen LogP contribution is -2.57. The number of nitrogens with zero attached hydrogens (tertiary/aromatic N) is 2. The highest BCUT2D eigenvalue weighted by atomic mass is 16.5. The first-order chi connectivity index (χ1) is 14.1. The third-order valence-electron chi connectivity index (χ3n) is 7.04. The fraction of sp³-hybridized carbons (Fsp3) is 0.500. The molecule has 2 bridgehead atoms. The van der Waals surface area contributed by atoms with E-state index >= 15 is 0 Å². The number of methoxy groups -OCH3 is 1. The number of rotatable bonds is 5. The highest BCUT2D eigenvalue weighted by molar-refractivity contribution is 5.91. The number of hydrogen-bond donors (Lipinski definition) is 0. The Labute approximate surface area is 171 Å². The Morgan fingerprint density at radius 1 is 1.31 bits per heavy atom. The Bertz CT molecular complexity index is 991. The van der Waals surface area contributed by atoms with Crippen LogP contribution in [0.5, 0.6) is 0 Å². The Morgan fingerprint density at radius 2 is 2.10 bits per heavy atom. The maximum absolute atomic E-state index is 13.6. The number of esters is 1. The van der Waals surface area contributed by atoms with Crippen molar-refractivity contribution in [2.45, 2.75) is 63.9 Å². The minimum atomic E-state index is -0.778. The molecule has 29 heavy (non-hydrogen) atoms. The van der Waals surface area contributed by atoms with Gasteiger partial charge < -0.3 is 9.47 Å². The SMILES string of the molecule is CCCCC1=C(OC)CC[C@@H]2C[C@H]3OC(=O)[C@@]12c1c3c(C)nn1-c1ccccc1. The lowest BCUT2D eigenvalue weighted by molar-refractivity contribution is -0.172. The fourth-order valence-corrected chi connectivity index (χ4v) is 5.84. The smallest absolute Gasteiger partial charge is 0.323 e. The molecule has 3 heterocycles. The lowest BCUT2D eigenvalue weighted by atomic mass is 9.54. The van der Waals surface area contributed by atoms with Crippen molar-refractivity contribution in [1.82, 2.24) is 9.78 Å². The summed E-state index contributed by atoms with van der Waals surface area (Å²) in [4.78, 5) is 13.6. The standard InChI is InChI=1S/C24H28N2O3/c1-4-5-11-18-19(28-3)13-12-16-14-20-21-15(2)25-26(17-9-7-6-8-10-17)22(21)24(16,18)23(27)29-20/h6-10,16,20H,4-5,11-14H2,1-3H3/t16-,20-,24-/m1/s1. The van der Waals surface area contributed by atoms with E-state index < -0.39 is 5.41 Å². The Balaban J connectivity index is 1.83. The highest BCUT2D eigenvalue weighted by Gasteiger charge is 2.65. The van der Waals surface area contributed by atoms with Gasteiger partial charge in [0.1, 0.15) is 11.5 Å². The van der Waals surface area contributed by atoms with E-state index in [1.165, 1.54) is 0 Å². The van der Waals surface area contributed by atoms with Crippen LogP contribution >= 0.6 is 0 Å². The second kappa shape index (κ2) is 6.75. The van der Waals surface area contributed by atoms with Gasteiger partial charge in [-0.15, -0.1) is 0 Å². The van der Waals surface area contributed by atoms with Crippen LogP contribution in [0.3, 0.4) is 0 Å². The van der Waals surface area contributed by atoms with Gasteiger partial charge in [-0.3, -0.25) is 4.79 Å². The first-order valence-electron chi connectivity index (χ1n) is 10.8. The largest absolute Gasteiger partial charge is 0.501 e. The molecule has 0 N–H and O–H groups in total. The topological polar surface area (TPSA) is 53.4 Å². The molecule has 0 radical (unpaired) electrons. The predicted molar refractivity (Wildman–Crippen MR) is 110 cm³/mol. The third kappa shape index (κ3) is 2.39. The van der Waals surface area contributed by atoms with E-state index in [1.807, 2.05) is 29.8 Å².